The first-order valence-electron chi connectivity index (χ1n) is 8.32. The third kappa shape index (κ3) is 7.42. The second-order valence-electron chi connectivity index (χ2n) is 5.67. The van der Waals surface area contributed by atoms with Crippen molar-refractivity contribution in [2.45, 2.75) is 70.4 Å². The average molecular weight is 324 g/mol. The van der Waals surface area contributed by atoms with Crippen LogP contribution < -0.4 is 5.73 Å². The molecule has 0 aliphatic heterocycles. The molecule has 22 heavy (non-hydrogen) atoms. The fraction of sp³-hybridized carbons (Fsp3) is 0.667. The normalized spacial score (nSPS) is 13.5. The first-order valence-corrected chi connectivity index (χ1v) is 9.13. The zero-order chi connectivity index (χ0) is 16.2. The van der Waals surface area contributed by atoms with Gasteiger partial charge in [0.15, 0.2) is 0 Å². The molecule has 0 fully saturated rings. The summed E-state index contributed by atoms with van der Waals surface area (Å²) in [7, 11) is 0. The van der Waals surface area contributed by atoms with Crippen LogP contribution in [0.3, 0.4) is 0 Å². The van der Waals surface area contributed by atoms with E-state index in [1.54, 1.807) is 0 Å². The Balaban J connectivity index is 2.24. The van der Waals surface area contributed by atoms with Crippen molar-refractivity contribution in [3.05, 3.63) is 21.9 Å². The van der Waals surface area contributed by atoms with Crippen LogP contribution in [0.5, 0.6) is 0 Å². The largest absolute Gasteiger partial charge is 0.395 e. The van der Waals surface area contributed by atoms with Crippen molar-refractivity contribution in [1.82, 2.24) is 0 Å². The smallest absolute Gasteiger partial charge is 0.105 e. The molecule has 0 saturated heterocycles. The Morgan fingerprint density at radius 3 is 2.50 bits per heavy atom. The van der Waals surface area contributed by atoms with E-state index in [0.29, 0.717) is 0 Å². The van der Waals surface area contributed by atoms with Crippen LogP contribution in [0.2, 0.25) is 0 Å². The van der Waals surface area contributed by atoms with Crippen molar-refractivity contribution < 1.29 is 10.2 Å². The topological polar surface area (TPSA) is 66.5 Å². The highest BCUT2D eigenvalue weighted by atomic mass is 32.1. The van der Waals surface area contributed by atoms with Crippen molar-refractivity contribution in [3.63, 3.8) is 0 Å². The molecule has 0 bridgehead atoms. The molecule has 1 aromatic rings. The van der Waals surface area contributed by atoms with Gasteiger partial charge in [0.1, 0.15) is 6.10 Å². The van der Waals surface area contributed by atoms with E-state index in [4.69, 9.17) is 10.8 Å². The lowest BCUT2D eigenvalue weighted by atomic mass is 10.1. The van der Waals surface area contributed by atoms with Crippen LogP contribution >= 0.6 is 11.3 Å². The Kier molecular flexibility index (Phi) is 10.2. The van der Waals surface area contributed by atoms with E-state index < -0.39 is 12.1 Å². The fourth-order valence-corrected chi connectivity index (χ4v) is 3.15. The Labute approximate surface area is 138 Å². The highest BCUT2D eigenvalue weighted by Crippen LogP contribution is 2.24. The third-order valence-corrected chi connectivity index (χ3v) is 4.72. The van der Waals surface area contributed by atoms with Gasteiger partial charge in [-0.15, -0.1) is 11.3 Å². The predicted octanol–water partition coefficient (Wildman–Crippen LogP) is 3.59. The van der Waals surface area contributed by atoms with Crippen LogP contribution in [0.4, 0.5) is 0 Å². The van der Waals surface area contributed by atoms with Gasteiger partial charge in [0, 0.05) is 11.3 Å². The molecule has 1 aromatic heterocycles. The molecule has 2 atom stereocenters. The molecule has 0 spiro atoms. The van der Waals surface area contributed by atoms with Crippen LogP contribution in [0.1, 0.15) is 74.1 Å². The second-order valence-corrected chi connectivity index (χ2v) is 6.78. The Bertz CT molecular complexity index is 461. The Morgan fingerprint density at radius 1 is 1.14 bits per heavy atom. The van der Waals surface area contributed by atoms with Crippen LogP contribution in [-0.4, -0.2) is 22.9 Å². The summed E-state index contributed by atoms with van der Waals surface area (Å²) >= 11 is 1.45. The molecular weight excluding hydrogens is 294 g/mol. The van der Waals surface area contributed by atoms with Crippen LogP contribution in [0.25, 0.3) is 0 Å². The summed E-state index contributed by atoms with van der Waals surface area (Å²) in [6, 6.07) is 3.11. The maximum atomic E-state index is 9.91. The molecule has 0 amide bonds. The van der Waals surface area contributed by atoms with Gasteiger partial charge in [-0.25, -0.2) is 0 Å². The Morgan fingerprint density at radius 2 is 1.82 bits per heavy atom. The van der Waals surface area contributed by atoms with E-state index in [2.05, 4.69) is 18.8 Å². The van der Waals surface area contributed by atoms with Crippen molar-refractivity contribution in [2.24, 2.45) is 5.73 Å². The van der Waals surface area contributed by atoms with E-state index in [9.17, 15) is 5.11 Å². The first-order chi connectivity index (χ1) is 10.7. The molecule has 0 aliphatic carbocycles. The summed E-state index contributed by atoms with van der Waals surface area (Å²) in [6.45, 7) is 2.01. The second kappa shape index (κ2) is 11.7. The highest BCUT2D eigenvalue weighted by Gasteiger charge is 2.17. The molecule has 3 nitrogen and oxygen atoms in total. The number of aliphatic hydroxyl groups excluding tert-OH is 2. The standard InChI is InChI=1S/C18H29NO2S/c1-2-3-4-5-6-7-8-9-10-11-15-12-13-17(22-15)18(21)16(19)14-20/h12-13,16,18,20-21H,2-9,14,19H2,1H3. The van der Waals surface area contributed by atoms with Gasteiger partial charge in [0.2, 0.25) is 0 Å². The van der Waals surface area contributed by atoms with Gasteiger partial charge in [0.25, 0.3) is 0 Å². The minimum absolute atomic E-state index is 0.224. The zero-order valence-electron chi connectivity index (χ0n) is 13.6. The molecule has 4 heteroatoms. The lowest BCUT2D eigenvalue weighted by molar-refractivity contribution is 0.112. The molecule has 0 radical (unpaired) electrons. The first kappa shape index (κ1) is 19.2. The fourth-order valence-electron chi connectivity index (χ4n) is 2.21. The monoisotopic (exact) mass is 323 g/mol. The number of unbranched alkanes of at least 4 members (excludes halogenated alkanes) is 7. The van der Waals surface area contributed by atoms with E-state index in [1.807, 2.05) is 12.1 Å². The van der Waals surface area contributed by atoms with Crippen LogP contribution in [-0.2, 0) is 0 Å². The number of hydrogen-bond donors (Lipinski definition) is 3. The van der Waals surface area contributed by atoms with Gasteiger partial charge in [-0.2, -0.15) is 0 Å². The van der Waals surface area contributed by atoms with E-state index in [0.717, 1.165) is 22.6 Å². The van der Waals surface area contributed by atoms with Gasteiger partial charge in [-0.1, -0.05) is 57.3 Å². The van der Waals surface area contributed by atoms with E-state index in [1.165, 1.54) is 49.9 Å². The maximum Gasteiger partial charge on any atom is 0.105 e. The summed E-state index contributed by atoms with van der Waals surface area (Å²) in [5.41, 5.74) is 5.63. The molecule has 0 saturated carbocycles. The lowest BCUT2D eigenvalue weighted by Crippen LogP contribution is -2.31. The molecule has 0 aromatic carbocycles. The minimum Gasteiger partial charge on any atom is -0.395 e. The number of aliphatic hydroxyl groups is 2. The number of thiophene rings is 1. The number of nitrogens with two attached hydrogens (primary N) is 1. The summed E-state index contributed by atoms with van der Waals surface area (Å²) < 4.78 is 0. The summed E-state index contributed by atoms with van der Waals surface area (Å²) in [4.78, 5) is 1.71. The number of hydrogen-bond acceptors (Lipinski definition) is 4. The lowest BCUT2D eigenvalue weighted by Gasteiger charge is -2.14. The summed E-state index contributed by atoms with van der Waals surface area (Å²) in [5.74, 6) is 6.34. The van der Waals surface area contributed by atoms with Gasteiger partial charge in [-0.3, -0.25) is 0 Å². The van der Waals surface area contributed by atoms with Gasteiger partial charge >= 0.3 is 0 Å². The SMILES string of the molecule is CCCCCCCCCC#Cc1ccc(C(O)C(N)CO)s1. The third-order valence-electron chi connectivity index (χ3n) is 3.65. The Hall–Kier alpha value is -0.860. The minimum atomic E-state index is -0.811. The van der Waals surface area contributed by atoms with Crippen LogP contribution in [0, 0.1) is 11.8 Å². The summed E-state index contributed by atoms with van der Waals surface area (Å²) in [5, 5.41) is 18.9. The van der Waals surface area contributed by atoms with Crippen molar-refractivity contribution in [3.8, 4) is 11.8 Å². The highest BCUT2D eigenvalue weighted by molar-refractivity contribution is 7.12. The van der Waals surface area contributed by atoms with E-state index in [-0.39, 0.29) is 6.61 Å². The molecular formula is C18H29NO2S. The quantitative estimate of drug-likeness (QED) is 0.455. The maximum absolute atomic E-state index is 9.91. The molecule has 0 aliphatic rings. The zero-order valence-corrected chi connectivity index (χ0v) is 14.4. The predicted molar refractivity (Wildman–Crippen MR) is 93.8 cm³/mol. The molecule has 4 N–H and O–H groups in total. The van der Waals surface area contributed by atoms with Gasteiger partial charge in [-0.05, 0) is 18.6 Å². The van der Waals surface area contributed by atoms with Crippen LogP contribution in [0.15, 0.2) is 12.1 Å². The molecule has 1 heterocycles. The van der Waals surface area contributed by atoms with Gasteiger partial charge in [0.05, 0.1) is 17.5 Å². The molecule has 1 rings (SSSR count). The average Bonchev–Trinajstić information content (AvgIpc) is 3.00. The number of rotatable bonds is 10. The molecule has 2 unspecified atom stereocenters. The van der Waals surface area contributed by atoms with Crippen molar-refractivity contribution in [1.29, 1.82) is 0 Å². The summed E-state index contributed by atoms with van der Waals surface area (Å²) in [6.07, 6.45) is 9.22. The van der Waals surface area contributed by atoms with Crippen molar-refractivity contribution in [2.75, 3.05) is 6.61 Å². The van der Waals surface area contributed by atoms with Gasteiger partial charge < -0.3 is 15.9 Å². The van der Waals surface area contributed by atoms with Crippen molar-refractivity contribution >= 4 is 11.3 Å². The van der Waals surface area contributed by atoms with E-state index >= 15 is 0 Å². The molecule has 124 valence electrons.